The standard InChI is InChI=1S/C16H26O/c1-4-7-9-15(6-3)13-17-16-11-8-10-14(5-2)12-16/h8,10-12,15H,4-7,9,13H2,1-3H3. The molecular weight excluding hydrogens is 208 g/mol. The van der Waals surface area contributed by atoms with Gasteiger partial charge in [0.2, 0.25) is 0 Å². The molecule has 0 aliphatic rings. The Hall–Kier alpha value is -0.980. The van der Waals surface area contributed by atoms with Crippen LogP contribution in [0, 0.1) is 5.92 Å². The van der Waals surface area contributed by atoms with Crippen LogP contribution in [0.2, 0.25) is 0 Å². The number of hydrogen-bond donors (Lipinski definition) is 0. The number of unbranched alkanes of at least 4 members (excludes halogenated alkanes) is 1. The molecule has 0 saturated carbocycles. The van der Waals surface area contributed by atoms with Gasteiger partial charge in [-0.1, -0.05) is 52.2 Å². The molecule has 0 spiro atoms. The third-order valence-electron chi connectivity index (χ3n) is 3.34. The fraction of sp³-hybridized carbons (Fsp3) is 0.625. The van der Waals surface area contributed by atoms with Crippen LogP contribution in [0.4, 0.5) is 0 Å². The van der Waals surface area contributed by atoms with E-state index in [1.807, 2.05) is 0 Å². The van der Waals surface area contributed by atoms with Gasteiger partial charge in [0.05, 0.1) is 6.61 Å². The van der Waals surface area contributed by atoms with E-state index in [1.54, 1.807) is 0 Å². The smallest absolute Gasteiger partial charge is 0.119 e. The zero-order valence-electron chi connectivity index (χ0n) is 11.5. The van der Waals surface area contributed by atoms with Gasteiger partial charge < -0.3 is 4.74 Å². The lowest BCUT2D eigenvalue weighted by Crippen LogP contribution is -2.11. The van der Waals surface area contributed by atoms with Crippen LogP contribution >= 0.6 is 0 Å². The molecule has 0 heterocycles. The monoisotopic (exact) mass is 234 g/mol. The van der Waals surface area contributed by atoms with Crippen molar-refractivity contribution in [3.63, 3.8) is 0 Å². The molecule has 0 aliphatic heterocycles. The van der Waals surface area contributed by atoms with Crippen molar-refractivity contribution in [2.45, 2.75) is 52.9 Å². The molecule has 0 bridgehead atoms. The molecule has 1 aromatic rings. The summed E-state index contributed by atoms with van der Waals surface area (Å²) >= 11 is 0. The third kappa shape index (κ3) is 5.25. The van der Waals surface area contributed by atoms with Crippen LogP contribution < -0.4 is 4.74 Å². The average molecular weight is 234 g/mol. The van der Waals surface area contributed by atoms with Gasteiger partial charge in [0.15, 0.2) is 0 Å². The molecule has 0 amide bonds. The van der Waals surface area contributed by atoms with Crippen LogP contribution in [-0.2, 0) is 6.42 Å². The van der Waals surface area contributed by atoms with Crippen molar-refractivity contribution in [3.05, 3.63) is 29.8 Å². The minimum Gasteiger partial charge on any atom is -0.493 e. The van der Waals surface area contributed by atoms with Gasteiger partial charge in [-0.25, -0.2) is 0 Å². The van der Waals surface area contributed by atoms with Crippen LogP contribution in [0.1, 0.15) is 52.0 Å². The van der Waals surface area contributed by atoms with E-state index in [2.05, 4.69) is 45.0 Å². The van der Waals surface area contributed by atoms with Gasteiger partial charge in [0.1, 0.15) is 5.75 Å². The zero-order chi connectivity index (χ0) is 12.5. The van der Waals surface area contributed by atoms with Crippen LogP contribution in [0.15, 0.2) is 24.3 Å². The Morgan fingerprint density at radius 1 is 1.18 bits per heavy atom. The Morgan fingerprint density at radius 3 is 2.65 bits per heavy atom. The van der Waals surface area contributed by atoms with Crippen LogP contribution in [0.3, 0.4) is 0 Å². The molecule has 1 heteroatoms. The van der Waals surface area contributed by atoms with Crippen molar-refractivity contribution in [1.29, 1.82) is 0 Å². The van der Waals surface area contributed by atoms with Crippen molar-refractivity contribution in [1.82, 2.24) is 0 Å². The first kappa shape index (κ1) is 14.1. The quantitative estimate of drug-likeness (QED) is 0.625. The highest BCUT2D eigenvalue weighted by Crippen LogP contribution is 2.18. The van der Waals surface area contributed by atoms with Crippen LogP contribution in [0.25, 0.3) is 0 Å². The summed E-state index contributed by atoms with van der Waals surface area (Å²) in [6, 6.07) is 8.46. The fourth-order valence-corrected chi connectivity index (χ4v) is 1.97. The number of hydrogen-bond acceptors (Lipinski definition) is 1. The van der Waals surface area contributed by atoms with E-state index in [0.29, 0.717) is 5.92 Å². The molecule has 17 heavy (non-hydrogen) atoms. The van der Waals surface area contributed by atoms with Crippen LogP contribution in [0.5, 0.6) is 5.75 Å². The van der Waals surface area contributed by atoms with E-state index in [1.165, 1.54) is 31.2 Å². The Labute approximate surface area is 106 Å². The molecule has 0 aromatic heterocycles. The van der Waals surface area contributed by atoms with Crippen LogP contribution in [-0.4, -0.2) is 6.61 Å². The second-order valence-electron chi connectivity index (χ2n) is 4.73. The molecule has 96 valence electrons. The molecule has 0 fully saturated rings. The van der Waals surface area contributed by atoms with Crippen molar-refractivity contribution in [2.75, 3.05) is 6.61 Å². The summed E-state index contributed by atoms with van der Waals surface area (Å²) < 4.78 is 5.90. The molecule has 0 N–H and O–H groups in total. The Kier molecular flexibility index (Phi) is 6.76. The summed E-state index contributed by atoms with van der Waals surface area (Å²) in [6.07, 6.45) is 6.18. The predicted molar refractivity (Wildman–Crippen MR) is 74.6 cm³/mol. The van der Waals surface area contributed by atoms with Gasteiger partial charge >= 0.3 is 0 Å². The maximum atomic E-state index is 5.90. The summed E-state index contributed by atoms with van der Waals surface area (Å²) in [7, 11) is 0. The lowest BCUT2D eigenvalue weighted by Gasteiger charge is -2.15. The molecule has 1 rings (SSSR count). The minimum atomic E-state index is 0.709. The van der Waals surface area contributed by atoms with E-state index in [4.69, 9.17) is 4.74 Å². The molecule has 0 radical (unpaired) electrons. The number of benzene rings is 1. The maximum absolute atomic E-state index is 5.90. The summed E-state index contributed by atoms with van der Waals surface area (Å²) in [5.41, 5.74) is 1.35. The normalized spacial score (nSPS) is 12.4. The lowest BCUT2D eigenvalue weighted by molar-refractivity contribution is 0.233. The minimum absolute atomic E-state index is 0.709. The SMILES string of the molecule is CCCCC(CC)COc1cccc(CC)c1. The first-order valence-corrected chi connectivity index (χ1v) is 7.01. The van der Waals surface area contributed by atoms with E-state index in [-0.39, 0.29) is 0 Å². The highest BCUT2D eigenvalue weighted by molar-refractivity contribution is 5.28. The van der Waals surface area contributed by atoms with Gasteiger partial charge in [0.25, 0.3) is 0 Å². The Balaban J connectivity index is 2.41. The summed E-state index contributed by atoms with van der Waals surface area (Å²) in [6.45, 7) is 7.54. The van der Waals surface area contributed by atoms with Gasteiger partial charge in [-0.3, -0.25) is 0 Å². The molecule has 1 nitrogen and oxygen atoms in total. The molecule has 0 saturated heterocycles. The highest BCUT2D eigenvalue weighted by atomic mass is 16.5. The van der Waals surface area contributed by atoms with E-state index < -0.39 is 0 Å². The first-order valence-electron chi connectivity index (χ1n) is 7.01. The fourth-order valence-electron chi connectivity index (χ4n) is 1.97. The summed E-state index contributed by atoms with van der Waals surface area (Å²) in [5, 5.41) is 0. The van der Waals surface area contributed by atoms with Crippen molar-refractivity contribution in [2.24, 2.45) is 5.92 Å². The van der Waals surface area contributed by atoms with Gasteiger partial charge in [-0.15, -0.1) is 0 Å². The van der Waals surface area contributed by atoms with Gasteiger partial charge in [0, 0.05) is 0 Å². The second-order valence-corrected chi connectivity index (χ2v) is 4.73. The molecule has 0 aliphatic carbocycles. The van der Waals surface area contributed by atoms with Gasteiger partial charge in [-0.2, -0.15) is 0 Å². The predicted octanol–water partition coefficient (Wildman–Crippen LogP) is 4.84. The van der Waals surface area contributed by atoms with Crippen molar-refractivity contribution >= 4 is 0 Å². The zero-order valence-corrected chi connectivity index (χ0v) is 11.5. The third-order valence-corrected chi connectivity index (χ3v) is 3.34. The molecule has 1 unspecified atom stereocenters. The molecular formula is C16H26O. The number of aryl methyl sites for hydroxylation is 1. The molecule has 1 atom stereocenters. The second kappa shape index (κ2) is 8.16. The lowest BCUT2D eigenvalue weighted by atomic mass is 10.0. The first-order chi connectivity index (χ1) is 8.30. The van der Waals surface area contributed by atoms with E-state index >= 15 is 0 Å². The van der Waals surface area contributed by atoms with Crippen molar-refractivity contribution in [3.8, 4) is 5.75 Å². The van der Waals surface area contributed by atoms with Gasteiger partial charge in [-0.05, 0) is 36.5 Å². The topological polar surface area (TPSA) is 9.23 Å². The maximum Gasteiger partial charge on any atom is 0.119 e. The summed E-state index contributed by atoms with van der Waals surface area (Å²) in [5.74, 6) is 1.74. The number of rotatable bonds is 8. The van der Waals surface area contributed by atoms with E-state index in [9.17, 15) is 0 Å². The largest absolute Gasteiger partial charge is 0.493 e. The average Bonchev–Trinajstić information content (AvgIpc) is 2.39. The summed E-state index contributed by atoms with van der Waals surface area (Å²) in [4.78, 5) is 0. The number of ether oxygens (including phenoxy) is 1. The van der Waals surface area contributed by atoms with E-state index in [0.717, 1.165) is 18.8 Å². The van der Waals surface area contributed by atoms with Crippen molar-refractivity contribution < 1.29 is 4.74 Å². The Bertz CT molecular complexity index is 306. The Morgan fingerprint density at radius 2 is 2.00 bits per heavy atom. The molecule has 1 aromatic carbocycles. The highest BCUT2D eigenvalue weighted by Gasteiger charge is 2.06.